The zero-order valence-corrected chi connectivity index (χ0v) is 17.1. The third-order valence-electron chi connectivity index (χ3n) is 4.29. The van der Waals surface area contributed by atoms with Crippen molar-refractivity contribution in [2.75, 3.05) is 33.1 Å². The van der Waals surface area contributed by atoms with Crippen LogP contribution in [0.15, 0.2) is 34.9 Å². The average Bonchev–Trinajstić information content (AvgIpc) is 2.74. The summed E-state index contributed by atoms with van der Waals surface area (Å²) in [6.45, 7) is 1.06. The number of ether oxygens (including phenoxy) is 2. The minimum atomic E-state index is -0.457. The molecule has 1 aromatic rings. The molecule has 0 spiro atoms. The van der Waals surface area contributed by atoms with Crippen molar-refractivity contribution >= 4 is 29.5 Å². The molecule has 1 atom stereocenters. The van der Waals surface area contributed by atoms with E-state index in [0.717, 1.165) is 17.3 Å². The number of amides is 2. The van der Waals surface area contributed by atoms with Crippen LogP contribution in [0, 0.1) is 11.3 Å². The number of carbonyl (C=O) groups is 3. The predicted octanol–water partition coefficient (Wildman–Crippen LogP) is 1.70. The van der Waals surface area contributed by atoms with E-state index < -0.39 is 11.9 Å². The molecule has 0 saturated heterocycles. The van der Waals surface area contributed by atoms with Crippen molar-refractivity contribution < 1.29 is 23.9 Å². The monoisotopic (exact) mass is 417 g/mol. The predicted molar refractivity (Wildman–Crippen MR) is 108 cm³/mol. The van der Waals surface area contributed by atoms with E-state index in [1.54, 1.807) is 31.4 Å². The maximum Gasteiger partial charge on any atom is 0.337 e. The summed E-state index contributed by atoms with van der Waals surface area (Å²) in [6, 6.07) is 8.77. The Bertz CT molecular complexity index is 830. The van der Waals surface area contributed by atoms with Crippen LogP contribution in [-0.4, -0.2) is 50.9 Å². The van der Waals surface area contributed by atoms with Gasteiger partial charge in [0.1, 0.15) is 0 Å². The van der Waals surface area contributed by atoms with Crippen LogP contribution in [0.5, 0.6) is 0 Å². The Hall–Kier alpha value is -2.83. The topological polar surface area (TPSA) is 118 Å². The lowest BCUT2D eigenvalue weighted by atomic mass is 9.87. The fourth-order valence-electron chi connectivity index (χ4n) is 2.82. The Morgan fingerprint density at radius 1 is 1.31 bits per heavy atom. The number of hydrogen-bond donors (Lipinski definition) is 2. The van der Waals surface area contributed by atoms with Gasteiger partial charge in [0.2, 0.25) is 11.8 Å². The highest BCUT2D eigenvalue weighted by Gasteiger charge is 2.30. The first kappa shape index (κ1) is 22.5. The summed E-state index contributed by atoms with van der Waals surface area (Å²) in [7, 11) is 2.90. The van der Waals surface area contributed by atoms with Gasteiger partial charge in [0.05, 0.1) is 35.1 Å². The molecule has 0 saturated carbocycles. The normalized spacial score (nSPS) is 16.0. The molecule has 154 valence electrons. The van der Waals surface area contributed by atoms with E-state index in [1.807, 2.05) is 0 Å². The number of methoxy groups -OCH3 is 2. The summed E-state index contributed by atoms with van der Waals surface area (Å²) >= 11 is 1.12. The van der Waals surface area contributed by atoms with Crippen LogP contribution in [-0.2, 0) is 19.1 Å². The molecule has 1 aliphatic heterocycles. The third-order valence-corrected chi connectivity index (χ3v) is 5.30. The van der Waals surface area contributed by atoms with Gasteiger partial charge in [-0.2, -0.15) is 5.26 Å². The van der Waals surface area contributed by atoms with Crippen molar-refractivity contribution in [3.8, 4) is 6.07 Å². The van der Waals surface area contributed by atoms with E-state index in [4.69, 9.17) is 4.74 Å². The molecule has 9 heteroatoms. The molecule has 1 aromatic carbocycles. The molecule has 1 aliphatic rings. The lowest BCUT2D eigenvalue weighted by Crippen LogP contribution is -2.32. The number of allylic oxidation sites excluding steroid dienone is 1. The van der Waals surface area contributed by atoms with E-state index in [-0.39, 0.29) is 24.0 Å². The fourth-order valence-corrected chi connectivity index (χ4v) is 3.73. The summed E-state index contributed by atoms with van der Waals surface area (Å²) in [5, 5.41) is 15.5. The van der Waals surface area contributed by atoms with Gasteiger partial charge in [-0.1, -0.05) is 23.9 Å². The van der Waals surface area contributed by atoms with Crippen LogP contribution in [0.1, 0.15) is 34.7 Å². The van der Waals surface area contributed by atoms with E-state index in [1.165, 1.54) is 7.11 Å². The van der Waals surface area contributed by atoms with Crippen molar-refractivity contribution in [3.63, 3.8) is 0 Å². The molecular formula is C20H23N3O5S. The smallest absolute Gasteiger partial charge is 0.337 e. The summed E-state index contributed by atoms with van der Waals surface area (Å²) in [5.74, 6) is -1.22. The average molecular weight is 417 g/mol. The van der Waals surface area contributed by atoms with E-state index in [0.29, 0.717) is 35.7 Å². The first-order chi connectivity index (χ1) is 14.0. The lowest BCUT2D eigenvalue weighted by Gasteiger charge is -2.25. The van der Waals surface area contributed by atoms with Crippen LogP contribution in [0.3, 0.4) is 0 Å². The number of thioether (sulfide) groups is 1. The van der Waals surface area contributed by atoms with Crippen molar-refractivity contribution in [3.05, 3.63) is 46.0 Å². The van der Waals surface area contributed by atoms with Gasteiger partial charge >= 0.3 is 5.97 Å². The highest BCUT2D eigenvalue weighted by atomic mass is 32.2. The van der Waals surface area contributed by atoms with Crippen molar-refractivity contribution in [1.29, 1.82) is 5.26 Å². The number of benzene rings is 1. The number of nitrogens with zero attached hydrogens (tertiary/aromatic N) is 1. The highest BCUT2D eigenvalue weighted by Crippen LogP contribution is 2.35. The summed E-state index contributed by atoms with van der Waals surface area (Å²) in [6.07, 6.45) is 0.827. The van der Waals surface area contributed by atoms with Gasteiger partial charge in [0.15, 0.2) is 0 Å². The molecule has 2 N–H and O–H groups in total. The molecule has 0 aliphatic carbocycles. The molecule has 0 bridgehead atoms. The van der Waals surface area contributed by atoms with E-state index >= 15 is 0 Å². The van der Waals surface area contributed by atoms with Crippen LogP contribution in [0.2, 0.25) is 0 Å². The van der Waals surface area contributed by atoms with Gasteiger partial charge in [-0.3, -0.25) is 9.59 Å². The minimum absolute atomic E-state index is 0.0851. The van der Waals surface area contributed by atoms with Gasteiger partial charge in [-0.05, 0) is 24.1 Å². The number of esters is 1. The Labute approximate surface area is 173 Å². The Balaban J connectivity index is 2.11. The molecule has 2 rings (SSSR count). The Morgan fingerprint density at radius 2 is 2.03 bits per heavy atom. The first-order valence-corrected chi connectivity index (χ1v) is 9.99. The van der Waals surface area contributed by atoms with Gasteiger partial charge in [0, 0.05) is 32.6 Å². The Morgan fingerprint density at radius 3 is 2.66 bits per heavy atom. The number of nitriles is 1. The summed E-state index contributed by atoms with van der Waals surface area (Å²) in [4.78, 5) is 35.7. The van der Waals surface area contributed by atoms with Gasteiger partial charge < -0.3 is 20.1 Å². The maximum atomic E-state index is 12.2. The Kier molecular flexibility index (Phi) is 8.70. The van der Waals surface area contributed by atoms with Gasteiger partial charge in [-0.25, -0.2) is 4.79 Å². The minimum Gasteiger partial charge on any atom is -0.465 e. The summed E-state index contributed by atoms with van der Waals surface area (Å²) < 4.78 is 9.61. The lowest BCUT2D eigenvalue weighted by molar-refractivity contribution is -0.121. The SMILES string of the molecule is COCCCNC(=O)CSC1=C(C#N)[C@H](c2ccc(C(=O)OC)cc2)CC(=O)N1. The van der Waals surface area contributed by atoms with Crippen LogP contribution < -0.4 is 10.6 Å². The molecule has 29 heavy (non-hydrogen) atoms. The second-order valence-corrected chi connectivity index (χ2v) is 7.24. The van der Waals surface area contributed by atoms with E-state index in [9.17, 15) is 19.6 Å². The quantitative estimate of drug-likeness (QED) is 0.464. The highest BCUT2D eigenvalue weighted by molar-refractivity contribution is 8.03. The largest absolute Gasteiger partial charge is 0.465 e. The first-order valence-electron chi connectivity index (χ1n) is 9.01. The second kappa shape index (κ2) is 11.2. The van der Waals surface area contributed by atoms with Crippen molar-refractivity contribution in [1.82, 2.24) is 10.6 Å². The van der Waals surface area contributed by atoms with E-state index in [2.05, 4.69) is 21.4 Å². The molecule has 0 radical (unpaired) electrons. The summed E-state index contributed by atoms with van der Waals surface area (Å²) in [5.41, 5.74) is 1.53. The zero-order valence-electron chi connectivity index (χ0n) is 16.3. The molecule has 2 amide bonds. The zero-order chi connectivity index (χ0) is 21.2. The third kappa shape index (κ3) is 6.34. The fraction of sp³-hybridized carbons (Fsp3) is 0.400. The number of nitrogens with one attached hydrogen (secondary N) is 2. The standard InChI is InChI=1S/C20H23N3O5S/c1-27-9-3-8-22-18(25)12-29-19-16(11-21)15(10-17(24)23-19)13-4-6-14(7-5-13)20(26)28-2/h4-7,15H,3,8-10,12H2,1-2H3,(H,22,25)(H,23,24)/t15-/m0/s1. The van der Waals surface area contributed by atoms with Crippen LogP contribution in [0.4, 0.5) is 0 Å². The molecule has 0 unspecified atom stereocenters. The number of hydrogen-bond acceptors (Lipinski definition) is 7. The molecule has 0 fully saturated rings. The van der Waals surface area contributed by atoms with Crippen molar-refractivity contribution in [2.24, 2.45) is 0 Å². The maximum absolute atomic E-state index is 12.2. The number of carbonyl (C=O) groups excluding carboxylic acids is 3. The molecule has 1 heterocycles. The molecular weight excluding hydrogens is 394 g/mol. The van der Waals surface area contributed by atoms with Crippen LogP contribution in [0.25, 0.3) is 0 Å². The van der Waals surface area contributed by atoms with Crippen LogP contribution >= 0.6 is 11.8 Å². The second-order valence-electron chi connectivity index (χ2n) is 6.26. The van der Waals surface area contributed by atoms with Gasteiger partial charge in [0.25, 0.3) is 0 Å². The molecule has 8 nitrogen and oxygen atoms in total. The molecule has 0 aromatic heterocycles. The van der Waals surface area contributed by atoms with Crippen molar-refractivity contribution in [2.45, 2.75) is 18.8 Å². The van der Waals surface area contributed by atoms with Gasteiger partial charge in [-0.15, -0.1) is 0 Å². The number of rotatable bonds is 9.